The summed E-state index contributed by atoms with van der Waals surface area (Å²) < 4.78 is 26.6. The molecule has 0 radical (unpaired) electrons. The van der Waals surface area contributed by atoms with E-state index in [-0.39, 0.29) is 6.04 Å². The minimum atomic E-state index is -3.39. The molecule has 0 heterocycles. The minimum absolute atomic E-state index is 0.101. The quantitative estimate of drug-likeness (QED) is 0.798. The van der Waals surface area contributed by atoms with Gasteiger partial charge in [0.2, 0.25) is 10.0 Å². The molecule has 1 N–H and O–H groups in total. The van der Waals surface area contributed by atoms with Gasteiger partial charge in [-0.25, -0.2) is 13.1 Å². The fraction of sp³-hybridized carbons (Fsp3) is 0.571. The second-order valence-electron chi connectivity index (χ2n) is 5.06. The van der Waals surface area contributed by atoms with Crippen LogP contribution in [-0.2, 0) is 10.0 Å². The Kier molecular flexibility index (Phi) is 6.02. The van der Waals surface area contributed by atoms with E-state index in [4.69, 9.17) is 0 Å². The van der Waals surface area contributed by atoms with Crippen LogP contribution in [0, 0.1) is 0 Å². The van der Waals surface area contributed by atoms with Gasteiger partial charge in [-0.1, -0.05) is 41.9 Å². The van der Waals surface area contributed by atoms with Gasteiger partial charge in [-0.3, -0.25) is 0 Å². The third-order valence-electron chi connectivity index (χ3n) is 3.04. The standard InChI is InChI=1S/C14H22BrNO2S/c1-5-14(15)11(4)12-6-8-13(9-7-12)19(17,18)16-10(2)3/h6-11,14,16H,5H2,1-4H3. The number of hydrogen-bond donors (Lipinski definition) is 1. The number of rotatable bonds is 6. The van der Waals surface area contributed by atoms with E-state index in [1.54, 1.807) is 12.1 Å². The molecule has 0 fully saturated rings. The van der Waals surface area contributed by atoms with Crippen LogP contribution in [0.3, 0.4) is 0 Å². The molecule has 1 aromatic rings. The van der Waals surface area contributed by atoms with Gasteiger partial charge in [0.15, 0.2) is 0 Å². The Balaban J connectivity index is 2.94. The van der Waals surface area contributed by atoms with Crippen LogP contribution in [0.2, 0.25) is 0 Å². The van der Waals surface area contributed by atoms with Crippen molar-refractivity contribution < 1.29 is 8.42 Å². The first-order valence-corrected chi connectivity index (χ1v) is 8.94. The van der Waals surface area contributed by atoms with E-state index >= 15 is 0 Å². The molecule has 2 atom stereocenters. The number of halogens is 1. The van der Waals surface area contributed by atoms with Crippen LogP contribution in [-0.4, -0.2) is 19.3 Å². The lowest BCUT2D eigenvalue weighted by Gasteiger charge is -2.17. The van der Waals surface area contributed by atoms with Crippen molar-refractivity contribution in [1.82, 2.24) is 4.72 Å². The van der Waals surface area contributed by atoms with Crippen LogP contribution in [0.25, 0.3) is 0 Å². The Morgan fingerprint density at radius 2 is 1.68 bits per heavy atom. The van der Waals surface area contributed by atoms with Crippen molar-refractivity contribution in [2.75, 3.05) is 0 Å². The summed E-state index contributed by atoms with van der Waals surface area (Å²) in [7, 11) is -3.39. The van der Waals surface area contributed by atoms with E-state index in [0.717, 1.165) is 12.0 Å². The van der Waals surface area contributed by atoms with Gasteiger partial charge in [-0.15, -0.1) is 0 Å². The van der Waals surface area contributed by atoms with Crippen molar-refractivity contribution in [2.24, 2.45) is 0 Å². The predicted molar refractivity (Wildman–Crippen MR) is 83.3 cm³/mol. The number of hydrogen-bond acceptors (Lipinski definition) is 2. The zero-order chi connectivity index (χ0) is 14.6. The Labute approximate surface area is 125 Å². The van der Waals surface area contributed by atoms with Crippen molar-refractivity contribution in [2.45, 2.75) is 55.8 Å². The zero-order valence-corrected chi connectivity index (χ0v) is 14.3. The van der Waals surface area contributed by atoms with E-state index in [1.807, 2.05) is 26.0 Å². The highest BCUT2D eigenvalue weighted by atomic mass is 79.9. The lowest BCUT2D eigenvalue weighted by molar-refractivity contribution is 0.569. The van der Waals surface area contributed by atoms with Crippen molar-refractivity contribution in [3.05, 3.63) is 29.8 Å². The summed E-state index contributed by atoms with van der Waals surface area (Å²) >= 11 is 3.64. The summed E-state index contributed by atoms with van der Waals surface area (Å²) in [5, 5.41) is 0. The first-order valence-electron chi connectivity index (χ1n) is 6.54. The summed E-state index contributed by atoms with van der Waals surface area (Å²) in [5.74, 6) is 0.361. The highest BCUT2D eigenvalue weighted by Crippen LogP contribution is 2.27. The Bertz CT molecular complexity index is 497. The third kappa shape index (κ3) is 4.58. The maximum Gasteiger partial charge on any atom is 0.240 e. The fourth-order valence-electron chi connectivity index (χ4n) is 1.89. The molecule has 2 unspecified atom stereocenters. The Morgan fingerprint density at radius 1 is 1.16 bits per heavy atom. The van der Waals surface area contributed by atoms with E-state index in [1.165, 1.54) is 0 Å². The first kappa shape index (κ1) is 16.7. The van der Waals surface area contributed by atoms with E-state index < -0.39 is 10.0 Å². The summed E-state index contributed by atoms with van der Waals surface area (Å²) in [6.07, 6.45) is 1.04. The van der Waals surface area contributed by atoms with Gasteiger partial charge in [0.1, 0.15) is 0 Å². The maximum atomic E-state index is 12.0. The van der Waals surface area contributed by atoms with Gasteiger partial charge in [0.25, 0.3) is 0 Å². The molecule has 0 saturated heterocycles. The molecule has 0 aromatic heterocycles. The van der Waals surface area contributed by atoms with E-state index in [9.17, 15) is 8.42 Å². The van der Waals surface area contributed by atoms with Gasteiger partial charge in [0, 0.05) is 10.9 Å². The summed E-state index contributed by atoms with van der Waals surface area (Å²) in [6.45, 7) is 7.88. The zero-order valence-electron chi connectivity index (χ0n) is 11.9. The molecule has 108 valence electrons. The number of benzene rings is 1. The lowest BCUT2D eigenvalue weighted by atomic mass is 9.97. The second kappa shape index (κ2) is 6.86. The molecule has 3 nitrogen and oxygen atoms in total. The fourth-order valence-corrected chi connectivity index (χ4v) is 3.45. The van der Waals surface area contributed by atoms with Crippen LogP contribution < -0.4 is 4.72 Å². The summed E-state index contributed by atoms with van der Waals surface area (Å²) in [5.41, 5.74) is 1.15. The van der Waals surface area contributed by atoms with E-state index in [2.05, 4.69) is 34.5 Å². The monoisotopic (exact) mass is 347 g/mol. The molecule has 0 bridgehead atoms. The van der Waals surface area contributed by atoms with Crippen molar-refractivity contribution >= 4 is 26.0 Å². The molecule has 0 saturated carbocycles. The van der Waals surface area contributed by atoms with Gasteiger partial charge in [-0.05, 0) is 43.9 Å². The highest BCUT2D eigenvalue weighted by Gasteiger charge is 2.17. The molecule has 1 aromatic carbocycles. The minimum Gasteiger partial charge on any atom is -0.209 e. The van der Waals surface area contributed by atoms with Crippen LogP contribution in [0.15, 0.2) is 29.2 Å². The van der Waals surface area contributed by atoms with Crippen LogP contribution in [0.1, 0.15) is 45.6 Å². The van der Waals surface area contributed by atoms with E-state index in [0.29, 0.717) is 15.6 Å². The smallest absolute Gasteiger partial charge is 0.209 e. The van der Waals surface area contributed by atoms with Crippen LogP contribution in [0.5, 0.6) is 0 Å². The summed E-state index contributed by atoms with van der Waals surface area (Å²) in [4.78, 5) is 0.725. The number of nitrogens with one attached hydrogen (secondary N) is 1. The topological polar surface area (TPSA) is 46.2 Å². The third-order valence-corrected chi connectivity index (χ3v) is 6.15. The molecule has 0 spiro atoms. The summed E-state index contributed by atoms with van der Waals surface area (Å²) in [6, 6.07) is 7.03. The second-order valence-corrected chi connectivity index (χ2v) is 7.95. The normalized spacial score (nSPS) is 15.5. The molecular weight excluding hydrogens is 326 g/mol. The predicted octanol–water partition coefficient (Wildman–Crippen LogP) is 3.65. The molecule has 0 aliphatic rings. The first-order chi connectivity index (χ1) is 8.77. The Morgan fingerprint density at radius 3 is 2.11 bits per heavy atom. The largest absolute Gasteiger partial charge is 0.240 e. The number of alkyl halides is 1. The molecule has 1 rings (SSSR count). The lowest BCUT2D eigenvalue weighted by Crippen LogP contribution is -2.30. The van der Waals surface area contributed by atoms with Gasteiger partial charge in [0.05, 0.1) is 4.90 Å². The van der Waals surface area contributed by atoms with Crippen LogP contribution >= 0.6 is 15.9 Å². The number of sulfonamides is 1. The maximum absolute atomic E-state index is 12.0. The SMILES string of the molecule is CCC(Br)C(C)c1ccc(S(=O)(=O)NC(C)C)cc1. The Hall–Kier alpha value is -0.390. The highest BCUT2D eigenvalue weighted by molar-refractivity contribution is 9.09. The molecule has 5 heteroatoms. The molecule has 19 heavy (non-hydrogen) atoms. The molecular formula is C14H22BrNO2S. The molecule has 0 aliphatic heterocycles. The van der Waals surface area contributed by atoms with Crippen LogP contribution in [0.4, 0.5) is 0 Å². The molecule has 0 amide bonds. The molecule has 0 aliphatic carbocycles. The van der Waals surface area contributed by atoms with Gasteiger partial charge in [-0.2, -0.15) is 0 Å². The average Bonchev–Trinajstić information content (AvgIpc) is 2.35. The van der Waals surface area contributed by atoms with Crippen molar-refractivity contribution in [3.63, 3.8) is 0 Å². The van der Waals surface area contributed by atoms with Gasteiger partial charge >= 0.3 is 0 Å². The van der Waals surface area contributed by atoms with Crippen molar-refractivity contribution in [3.8, 4) is 0 Å². The van der Waals surface area contributed by atoms with Crippen molar-refractivity contribution in [1.29, 1.82) is 0 Å². The van der Waals surface area contributed by atoms with Gasteiger partial charge < -0.3 is 0 Å². The average molecular weight is 348 g/mol.